The van der Waals surface area contributed by atoms with E-state index in [4.69, 9.17) is 0 Å². The molecule has 0 saturated carbocycles. The van der Waals surface area contributed by atoms with E-state index < -0.39 is 14.6 Å². The fourth-order valence-corrected chi connectivity index (χ4v) is 5.23. The van der Waals surface area contributed by atoms with Crippen molar-refractivity contribution in [3.05, 3.63) is 30.1 Å². The molecule has 0 unspecified atom stereocenters. The number of nitrogens with zero attached hydrogens (tertiary/aromatic N) is 4. The van der Waals surface area contributed by atoms with E-state index in [2.05, 4.69) is 20.1 Å². The molecule has 0 amide bonds. The van der Waals surface area contributed by atoms with Crippen LogP contribution in [-0.2, 0) is 9.84 Å². The van der Waals surface area contributed by atoms with Gasteiger partial charge in [0.2, 0.25) is 0 Å². The van der Waals surface area contributed by atoms with Gasteiger partial charge in [0, 0.05) is 65.1 Å². The average molecular weight is 426 g/mol. The molecule has 29 heavy (non-hydrogen) atoms. The summed E-state index contributed by atoms with van der Waals surface area (Å²) in [6.07, 6.45) is 0. The molecule has 9 heteroatoms. The monoisotopic (exact) mass is 425 g/mol. The van der Waals surface area contributed by atoms with E-state index in [0.717, 1.165) is 50.9 Å². The highest BCUT2D eigenvalue weighted by Crippen LogP contribution is 2.23. The van der Waals surface area contributed by atoms with Gasteiger partial charge in [-0.05, 0) is 38.1 Å². The lowest BCUT2D eigenvalue weighted by atomic mass is 10.2. The van der Waals surface area contributed by atoms with Crippen molar-refractivity contribution < 1.29 is 12.8 Å². The summed E-state index contributed by atoms with van der Waals surface area (Å²) in [5.74, 6) is 0.714. The van der Waals surface area contributed by atoms with Gasteiger partial charge in [0.1, 0.15) is 5.82 Å². The molecule has 162 valence electrons. The third-order valence-electron chi connectivity index (χ3n) is 5.83. The van der Waals surface area contributed by atoms with E-state index in [0.29, 0.717) is 13.1 Å². The van der Waals surface area contributed by atoms with Gasteiger partial charge >= 0.3 is 0 Å². The van der Waals surface area contributed by atoms with Gasteiger partial charge in [0.25, 0.3) is 0 Å². The molecule has 2 saturated heterocycles. The number of anilines is 1. The van der Waals surface area contributed by atoms with Crippen molar-refractivity contribution in [3.63, 3.8) is 0 Å². The van der Waals surface area contributed by atoms with E-state index in [1.54, 1.807) is 20.9 Å². The lowest BCUT2D eigenvalue weighted by molar-refractivity contribution is 0.259. The second kappa shape index (κ2) is 8.87. The predicted octanol–water partition coefficient (Wildman–Crippen LogP) is 1.03. The normalized spacial score (nSPS) is 22.6. The van der Waals surface area contributed by atoms with Gasteiger partial charge in [-0.1, -0.05) is 0 Å². The lowest BCUT2D eigenvalue weighted by Gasteiger charge is -2.39. The van der Waals surface area contributed by atoms with E-state index in [1.165, 1.54) is 12.1 Å². The standard InChI is InChI=1S/C20H32FN5O2S/c1-20(2)16-26(14-15-29(20,27)28)19(22-3)23-8-9-24-10-12-25(13-11-24)18-6-4-17(21)5-7-18/h4-7H,8-16H2,1-3H3,(H,22,23). The second-order valence-electron chi connectivity index (χ2n) is 8.28. The van der Waals surface area contributed by atoms with Crippen LogP contribution < -0.4 is 10.2 Å². The smallest absolute Gasteiger partial charge is 0.193 e. The number of hydrogen-bond donors (Lipinski definition) is 1. The summed E-state index contributed by atoms with van der Waals surface area (Å²) in [4.78, 5) is 11.1. The lowest BCUT2D eigenvalue weighted by Crippen LogP contribution is -2.58. The number of sulfone groups is 1. The number of nitrogens with one attached hydrogen (secondary N) is 1. The summed E-state index contributed by atoms with van der Waals surface area (Å²) in [6.45, 7) is 9.87. The van der Waals surface area contributed by atoms with Crippen molar-refractivity contribution >= 4 is 21.5 Å². The molecule has 1 aromatic rings. The SMILES string of the molecule is CN=C(NCCN1CCN(c2ccc(F)cc2)CC1)N1CCS(=O)(=O)C(C)(C)C1. The first-order chi connectivity index (χ1) is 13.7. The zero-order valence-corrected chi connectivity index (χ0v) is 18.4. The van der Waals surface area contributed by atoms with E-state index in [9.17, 15) is 12.8 Å². The molecular formula is C20H32FN5O2S. The van der Waals surface area contributed by atoms with Crippen molar-refractivity contribution in [2.45, 2.75) is 18.6 Å². The maximum absolute atomic E-state index is 13.1. The van der Waals surface area contributed by atoms with Crippen LogP contribution in [0.1, 0.15) is 13.8 Å². The van der Waals surface area contributed by atoms with Crippen LogP contribution in [0.25, 0.3) is 0 Å². The Morgan fingerprint density at radius 3 is 2.38 bits per heavy atom. The Morgan fingerprint density at radius 1 is 1.14 bits per heavy atom. The third kappa shape index (κ3) is 5.19. The quantitative estimate of drug-likeness (QED) is 0.574. The Morgan fingerprint density at radius 2 is 1.79 bits per heavy atom. The minimum atomic E-state index is -3.06. The molecule has 0 aliphatic carbocycles. The van der Waals surface area contributed by atoms with Crippen LogP contribution in [0, 0.1) is 5.82 Å². The van der Waals surface area contributed by atoms with Crippen LogP contribution >= 0.6 is 0 Å². The van der Waals surface area contributed by atoms with Crippen molar-refractivity contribution in [2.75, 3.05) is 70.1 Å². The summed E-state index contributed by atoms with van der Waals surface area (Å²) in [5, 5.41) is 3.38. The molecule has 0 bridgehead atoms. The summed E-state index contributed by atoms with van der Waals surface area (Å²) >= 11 is 0. The number of piperazine rings is 1. The van der Waals surface area contributed by atoms with Crippen LogP contribution in [0.3, 0.4) is 0 Å². The number of rotatable bonds is 4. The Hall–Kier alpha value is -1.87. The summed E-state index contributed by atoms with van der Waals surface area (Å²) in [7, 11) is -1.33. The van der Waals surface area contributed by atoms with Crippen LogP contribution in [-0.4, -0.2) is 94.1 Å². The van der Waals surface area contributed by atoms with Crippen LogP contribution in [0.2, 0.25) is 0 Å². The fraction of sp³-hybridized carbons (Fsp3) is 0.650. The van der Waals surface area contributed by atoms with E-state index in [1.807, 2.05) is 17.0 Å². The summed E-state index contributed by atoms with van der Waals surface area (Å²) < 4.78 is 36.7. The topological polar surface area (TPSA) is 68.2 Å². The molecule has 2 fully saturated rings. The molecule has 2 aliphatic heterocycles. The maximum atomic E-state index is 13.1. The Labute approximate surface area is 173 Å². The van der Waals surface area contributed by atoms with Crippen LogP contribution in [0.5, 0.6) is 0 Å². The van der Waals surface area contributed by atoms with Crippen molar-refractivity contribution in [1.82, 2.24) is 15.1 Å². The fourth-order valence-electron chi connectivity index (χ4n) is 3.86. The number of hydrogen-bond acceptors (Lipinski definition) is 5. The third-order valence-corrected chi connectivity index (χ3v) is 8.36. The van der Waals surface area contributed by atoms with Crippen molar-refractivity contribution in [1.29, 1.82) is 0 Å². The molecule has 1 N–H and O–H groups in total. The molecule has 1 aromatic carbocycles. The summed E-state index contributed by atoms with van der Waals surface area (Å²) in [5.41, 5.74) is 1.06. The average Bonchev–Trinajstić information content (AvgIpc) is 2.69. The molecule has 0 atom stereocenters. The Balaban J connectivity index is 1.43. The molecule has 0 spiro atoms. The Kier molecular flexibility index (Phi) is 6.68. The Bertz CT molecular complexity index is 818. The second-order valence-corrected chi connectivity index (χ2v) is 11.0. The number of aliphatic imine (C=N–C) groups is 1. The van der Waals surface area contributed by atoms with Crippen LogP contribution in [0.15, 0.2) is 29.3 Å². The zero-order chi connectivity index (χ0) is 21.1. The van der Waals surface area contributed by atoms with Crippen molar-refractivity contribution in [2.24, 2.45) is 4.99 Å². The van der Waals surface area contributed by atoms with Gasteiger partial charge in [0.15, 0.2) is 15.8 Å². The van der Waals surface area contributed by atoms with Gasteiger partial charge < -0.3 is 15.1 Å². The highest BCUT2D eigenvalue weighted by molar-refractivity contribution is 7.92. The molecular weight excluding hydrogens is 393 g/mol. The number of guanidine groups is 1. The van der Waals surface area contributed by atoms with Gasteiger partial charge in [-0.2, -0.15) is 0 Å². The summed E-state index contributed by atoms with van der Waals surface area (Å²) in [6, 6.07) is 6.67. The highest BCUT2D eigenvalue weighted by Gasteiger charge is 2.40. The van der Waals surface area contributed by atoms with Gasteiger partial charge in [-0.15, -0.1) is 0 Å². The first kappa shape index (κ1) is 21.8. The molecule has 2 heterocycles. The molecule has 7 nitrogen and oxygen atoms in total. The molecule has 3 rings (SSSR count). The van der Waals surface area contributed by atoms with Crippen molar-refractivity contribution in [3.8, 4) is 0 Å². The van der Waals surface area contributed by atoms with Crippen LogP contribution in [0.4, 0.5) is 10.1 Å². The minimum absolute atomic E-state index is 0.159. The van der Waals surface area contributed by atoms with Gasteiger partial charge in [0.05, 0.1) is 10.5 Å². The van der Waals surface area contributed by atoms with Gasteiger partial charge in [-0.3, -0.25) is 9.89 Å². The first-order valence-corrected chi connectivity index (χ1v) is 11.8. The van der Waals surface area contributed by atoms with E-state index >= 15 is 0 Å². The first-order valence-electron chi connectivity index (χ1n) is 10.1. The minimum Gasteiger partial charge on any atom is -0.369 e. The molecule has 2 aliphatic rings. The zero-order valence-electron chi connectivity index (χ0n) is 17.6. The predicted molar refractivity (Wildman–Crippen MR) is 116 cm³/mol. The van der Waals surface area contributed by atoms with E-state index in [-0.39, 0.29) is 11.6 Å². The molecule has 0 radical (unpaired) electrons. The number of benzene rings is 1. The van der Waals surface area contributed by atoms with Gasteiger partial charge in [-0.25, -0.2) is 12.8 Å². The molecule has 0 aromatic heterocycles. The highest BCUT2D eigenvalue weighted by atomic mass is 32.2. The largest absolute Gasteiger partial charge is 0.369 e. The number of halogens is 1. The maximum Gasteiger partial charge on any atom is 0.193 e.